The summed E-state index contributed by atoms with van der Waals surface area (Å²) in [4.78, 5) is 20.7. The third kappa shape index (κ3) is 3.07. The topological polar surface area (TPSA) is 91.4 Å². The van der Waals surface area contributed by atoms with Gasteiger partial charge in [-0.25, -0.2) is 9.37 Å². The van der Waals surface area contributed by atoms with Gasteiger partial charge in [-0.1, -0.05) is 18.2 Å². The number of pyridine rings is 1. The number of hydrogen-bond donors (Lipinski definition) is 3. The number of halogens is 1. The number of fused-ring (bicyclic) bond motifs is 2. The number of imidazole rings is 1. The van der Waals surface area contributed by atoms with Crippen LogP contribution in [0.1, 0.15) is 0 Å². The van der Waals surface area contributed by atoms with Crippen molar-refractivity contribution in [1.82, 2.24) is 24.9 Å². The van der Waals surface area contributed by atoms with Gasteiger partial charge in [-0.15, -0.1) is 0 Å². The summed E-state index contributed by atoms with van der Waals surface area (Å²) in [5.41, 5.74) is 3.57. The fraction of sp³-hybridized carbons (Fsp3) is 0. The Morgan fingerprint density at radius 1 is 0.857 bits per heavy atom. The van der Waals surface area contributed by atoms with E-state index in [2.05, 4.69) is 35.6 Å². The molecule has 0 amide bonds. The fourth-order valence-electron chi connectivity index (χ4n) is 2.92. The Balaban J connectivity index is 1.52. The molecule has 0 spiro atoms. The third-order valence-electron chi connectivity index (χ3n) is 4.24. The van der Waals surface area contributed by atoms with Crippen molar-refractivity contribution in [2.75, 3.05) is 10.6 Å². The lowest BCUT2D eigenvalue weighted by molar-refractivity contribution is 0.628. The van der Waals surface area contributed by atoms with E-state index in [9.17, 15) is 4.39 Å². The van der Waals surface area contributed by atoms with Crippen LogP contribution in [0.5, 0.6) is 0 Å². The second-order valence-corrected chi connectivity index (χ2v) is 6.17. The Hall–Kier alpha value is -4.07. The van der Waals surface area contributed by atoms with Crippen LogP contribution in [0, 0.1) is 5.82 Å². The number of nitrogens with zero attached hydrogens (tertiary/aromatic N) is 4. The van der Waals surface area contributed by atoms with Gasteiger partial charge in [-0.05, 0) is 36.4 Å². The summed E-state index contributed by atoms with van der Waals surface area (Å²) in [7, 11) is 0. The van der Waals surface area contributed by atoms with Crippen molar-refractivity contribution in [3.8, 4) is 0 Å². The van der Waals surface area contributed by atoms with E-state index < -0.39 is 0 Å². The van der Waals surface area contributed by atoms with E-state index in [0.29, 0.717) is 28.6 Å². The van der Waals surface area contributed by atoms with Crippen LogP contribution in [-0.2, 0) is 0 Å². The second-order valence-electron chi connectivity index (χ2n) is 6.17. The molecule has 136 valence electrons. The van der Waals surface area contributed by atoms with Crippen molar-refractivity contribution in [2.24, 2.45) is 0 Å². The van der Waals surface area contributed by atoms with Crippen molar-refractivity contribution in [1.29, 1.82) is 0 Å². The second kappa shape index (κ2) is 6.58. The van der Waals surface area contributed by atoms with E-state index in [4.69, 9.17) is 0 Å². The predicted molar refractivity (Wildman–Crippen MR) is 106 cm³/mol. The zero-order chi connectivity index (χ0) is 18.9. The first-order chi connectivity index (χ1) is 13.7. The molecule has 0 unspecified atom stereocenters. The Kier molecular flexibility index (Phi) is 3.79. The van der Waals surface area contributed by atoms with Gasteiger partial charge in [0, 0.05) is 11.1 Å². The lowest BCUT2D eigenvalue weighted by atomic mass is 10.2. The van der Waals surface area contributed by atoms with Gasteiger partial charge in [0.05, 0.1) is 23.7 Å². The number of H-pyrrole nitrogens is 1. The number of rotatable bonds is 4. The first-order valence-corrected chi connectivity index (χ1v) is 8.60. The fourth-order valence-corrected chi connectivity index (χ4v) is 2.92. The molecule has 0 fully saturated rings. The molecule has 0 saturated heterocycles. The van der Waals surface area contributed by atoms with E-state index >= 15 is 0 Å². The van der Waals surface area contributed by atoms with Gasteiger partial charge in [0.1, 0.15) is 11.3 Å². The molecule has 5 aromatic rings. The molecule has 3 heterocycles. The maximum atomic E-state index is 13.1. The molecular formula is C20H14FN7. The smallest absolute Gasteiger partial charge is 0.231 e. The Bertz CT molecular complexity index is 1280. The number of nitrogens with one attached hydrogen (secondary N) is 3. The molecule has 2 aromatic carbocycles. The van der Waals surface area contributed by atoms with Gasteiger partial charge in [0.15, 0.2) is 11.5 Å². The minimum absolute atomic E-state index is 0.305. The van der Waals surface area contributed by atoms with Gasteiger partial charge >= 0.3 is 0 Å². The highest BCUT2D eigenvalue weighted by molar-refractivity contribution is 5.88. The minimum Gasteiger partial charge on any atom is -0.340 e. The van der Waals surface area contributed by atoms with E-state index in [1.54, 1.807) is 24.7 Å². The molecule has 3 aromatic heterocycles. The van der Waals surface area contributed by atoms with E-state index in [1.165, 1.54) is 12.1 Å². The van der Waals surface area contributed by atoms with Gasteiger partial charge < -0.3 is 15.6 Å². The number of aromatic amines is 1. The minimum atomic E-state index is -0.305. The summed E-state index contributed by atoms with van der Waals surface area (Å²) in [5.74, 6) is 0.604. The molecule has 8 heteroatoms. The molecule has 0 aliphatic heterocycles. The number of hydrogen-bond acceptors (Lipinski definition) is 6. The molecule has 28 heavy (non-hydrogen) atoms. The Morgan fingerprint density at radius 2 is 1.71 bits per heavy atom. The van der Waals surface area contributed by atoms with Crippen LogP contribution >= 0.6 is 0 Å². The van der Waals surface area contributed by atoms with Crippen molar-refractivity contribution < 1.29 is 4.39 Å². The average molecular weight is 371 g/mol. The maximum Gasteiger partial charge on any atom is 0.231 e. The summed E-state index contributed by atoms with van der Waals surface area (Å²) in [6.45, 7) is 0. The maximum absolute atomic E-state index is 13.1. The van der Waals surface area contributed by atoms with E-state index in [0.717, 1.165) is 16.6 Å². The first-order valence-electron chi connectivity index (χ1n) is 8.60. The molecule has 0 bridgehead atoms. The van der Waals surface area contributed by atoms with Crippen molar-refractivity contribution in [3.05, 3.63) is 72.9 Å². The van der Waals surface area contributed by atoms with Crippen LogP contribution in [0.15, 0.2) is 67.1 Å². The number of para-hydroxylation sites is 1. The molecule has 0 saturated carbocycles. The molecule has 3 N–H and O–H groups in total. The van der Waals surface area contributed by atoms with Gasteiger partial charge in [-0.3, -0.25) is 4.98 Å². The summed E-state index contributed by atoms with van der Waals surface area (Å²) in [6.07, 6.45) is 3.31. The highest BCUT2D eigenvalue weighted by atomic mass is 19.1. The standard InChI is InChI=1S/C20H14FN7/c21-13-5-7-14(8-6-13)26-20-27-18-17(23-11-24-18)19(28-20)25-15-9-12-3-1-2-4-16(12)22-10-15/h1-11H,(H3,23,24,25,26,27,28). The van der Waals surface area contributed by atoms with Crippen LogP contribution in [0.4, 0.5) is 27.5 Å². The zero-order valence-electron chi connectivity index (χ0n) is 14.5. The quantitative estimate of drug-likeness (QED) is 0.430. The van der Waals surface area contributed by atoms with Crippen LogP contribution < -0.4 is 10.6 Å². The molecule has 0 radical (unpaired) electrons. The molecule has 5 rings (SSSR count). The molecule has 0 atom stereocenters. The number of anilines is 4. The lowest BCUT2D eigenvalue weighted by Gasteiger charge is -2.10. The lowest BCUT2D eigenvalue weighted by Crippen LogP contribution is -2.02. The SMILES string of the molecule is Fc1ccc(Nc2nc(Nc3cnc4ccccc4c3)c3[nH]cnc3n2)cc1. The van der Waals surface area contributed by atoms with Gasteiger partial charge in [-0.2, -0.15) is 9.97 Å². The van der Waals surface area contributed by atoms with Crippen molar-refractivity contribution in [3.63, 3.8) is 0 Å². The van der Waals surface area contributed by atoms with E-state index in [-0.39, 0.29) is 5.82 Å². The van der Waals surface area contributed by atoms with Gasteiger partial charge in [0.25, 0.3) is 0 Å². The monoisotopic (exact) mass is 371 g/mol. The molecule has 0 aliphatic rings. The van der Waals surface area contributed by atoms with Crippen LogP contribution in [-0.4, -0.2) is 24.9 Å². The number of aromatic nitrogens is 5. The summed E-state index contributed by atoms with van der Waals surface area (Å²) < 4.78 is 13.1. The molecular weight excluding hydrogens is 357 g/mol. The van der Waals surface area contributed by atoms with Crippen LogP contribution in [0.3, 0.4) is 0 Å². The largest absolute Gasteiger partial charge is 0.340 e. The normalized spacial score (nSPS) is 11.0. The van der Waals surface area contributed by atoms with Gasteiger partial charge in [0.2, 0.25) is 5.95 Å². The van der Waals surface area contributed by atoms with E-state index in [1.807, 2.05) is 30.3 Å². The molecule has 0 aliphatic carbocycles. The Morgan fingerprint density at radius 3 is 2.61 bits per heavy atom. The summed E-state index contributed by atoms with van der Waals surface area (Å²) in [6, 6.07) is 15.9. The average Bonchev–Trinajstić information content (AvgIpc) is 3.19. The van der Waals surface area contributed by atoms with Crippen LogP contribution in [0.2, 0.25) is 0 Å². The first kappa shape index (κ1) is 16.1. The summed E-state index contributed by atoms with van der Waals surface area (Å²) >= 11 is 0. The summed E-state index contributed by atoms with van der Waals surface area (Å²) in [5, 5.41) is 7.37. The van der Waals surface area contributed by atoms with Crippen molar-refractivity contribution >= 4 is 45.2 Å². The zero-order valence-corrected chi connectivity index (χ0v) is 14.5. The third-order valence-corrected chi connectivity index (χ3v) is 4.24. The highest BCUT2D eigenvalue weighted by Crippen LogP contribution is 2.25. The molecule has 7 nitrogen and oxygen atoms in total. The Labute approximate surface area is 158 Å². The van der Waals surface area contributed by atoms with Crippen molar-refractivity contribution in [2.45, 2.75) is 0 Å². The van der Waals surface area contributed by atoms with Crippen LogP contribution in [0.25, 0.3) is 22.1 Å². The predicted octanol–water partition coefficient (Wildman–Crippen LogP) is 4.53. The highest BCUT2D eigenvalue weighted by Gasteiger charge is 2.11. The number of benzene rings is 2.